The Balaban J connectivity index is 1.13. The number of rotatable bonds is 6. The summed E-state index contributed by atoms with van der Waals surface area (Å²) in [5.74, 6) is -1.70. The van der Waals surface area contributed by atoms with Gasteiger partial charge in [-0.25, -0.2) is 0 Å². The number of anilines is 2. The van der Waals surface area contributed by atoms with Gasteiger partial charge < -0.3 is 25.1 Å². The number of hydrogen-bond donors (Lipinski definition) is 2. The van der Waals surface area contributed by atoms with E-state index in [1.807, 2.05) is 29.2 Å². The van der Waals surface area contributed by atoms with Gasteiger partial charge >= 0.3 is 5.97 Å². The number of aromatic nitrogens is 1. The average Bonchev–Trinajstić information content (AvgIpc) is 3.44. The number of carbonyl (C=O) groups is 3. The number of aryl methyl sites for hydroxylation is 1. The van der Waals surface area contributed by atoms with Crippen LogP contribution in [0, 0.1) is 5.92 Å². The maximum absolute atomic E-state index is 12.5. The van der Waals surface area contributed by atoms with Crippen molar-refractivity contribution in [3.05, 3.63) is 40.3 Å². The van der Waals surface area contributed by atoms with E-state index in [0.29, 0.717) is 42.5 Å². The molecule has 2 aromatic heterocycles. The first kappa shape index (κ1) is 22.4. The molecular formula is C24H26N4O5S. The van der Waals surface area contributed by atoms with Crippen molar-refractivity contribution in [1.29, 1.82) is 0 Å². The number of ether oxygens (including phenoxy) is 1. The second-order valence-corrected chi connectivity index (χ2v) is 9.77. The Labute approximate surface area is 200 Å². The summed E-state index contributed by atoms with van der Waals surface area (Å²) in [5, 5.41) is 3.17. The number of fused-ring (bicyclic) bond motifs is 2. The summed E-state index contributed by atoms with van der Waals surface area (Å²) in [5.41, 5.74) is 8.44. The molecule has 2 aliphatic rings. The van der Waals surface area contributed by atoms with Crippen LogP contribution in [0.3, 0.4) is 0 Å². The van der Waals surface area contributed by atoms with E-state index < -0.39 is 24.4 Å². The molecule has 178 valence electrons. The standard InChI is InChI=1S/C24H26N4O5S/c25-21(30)20-15-5-1-4-8-18(15)34-22(20)27-19(29)13-32-23(31)14-9-11-28(12-10-14)24-26-16-6-2-3-7-17(16)33-24/h2-3,6-7,14H,1,4-5,8-13H2,(H2,25,30)(H,27,29). The number of nitrogens with one attached hydrogen (secondary N) is 1. The highest BCUT2D eigenvalue weighted by Gasteiger charge is 2.29. The quantitative estimate of drug-likeness (QED) is 0.516. The number of thiophene rings is 1. The molecule has 0 radical (unpaired) electrons. The van der Waals surface area contributed by atoms with E-state index in [0.717, 1.165) is 47.2 Å². The van der Waals surface area contributed by atoms with Crippen LogP contribution < -0.4 is 16.0 Å². The van der Waals surface area contributed by atoms with Gasteiger partial charge in [-0.05, 0) is 56.2 Å². The summed E-state index contributed by atoms with van der Waals surface area (Å²) in [6.07, 6.45) is 4.90. The maximum Gasteiger partial charge on any atom is 0.309 e. The molecule has 0 atom stereocenters. The van der Waals surface area contributed by atoms with Gasteiger partial charge in [0.1, 0.15) is 10.5 Å². The van der Waals surface area contributed by atoms with Gasteiger partial charge in [0.2, 0.25) is 0 Å². The number of amides is 2. The van der Waals surface area contributed by atoms with Gasteiger partial charge in [0.05, 0.1) is 11.5 Å². The first-order chi connectivity index (χ1) is 16.5. The van der Waals surface area contributed by atoms with Crippen molar-refractivity contribution < 1.29 is 23.5 Å². The minimum atomic E-state index is -0.544. The summed E-state index contributed by atoms with van der Waals surface area (Å²) in [6.45, 7) is 0.827. The molecular weight excluding hydrogens is 456 g/mol. The Kier molecular flexibility index (Phi) is 6.23. The van der Waals surface area contributed by atoms with E-state index in [4.69, 9.17) is 14.9 Å². The number of benzene rings is 1. The van der Waals surface area contributed by atoms with Crippen LogP contribution in [0.5, 0.6) is 0 Å². The van der Waals surface area contributed by atoms with Gasteiger partial charge in [-0.1, -0.05) is 12.1 Å². The highest BCUT2D eigenvalue weighted by Crippen LogP contribution is 2.38. The zero-order valence-corrected chi connectivity index (χ0v) is 19.5. The molecule has 2 amide bonds. The SMILES string of the molecule is NC(=O)c1c(NC(=O)COC(=O)C2CCN(c3nc4ccccc4o3)CC2)sc2c1CCCC2. The number of oxazole rings is 1. The summed E-state index contributed by atoms with van der Waals surface area (Å²) in [7, 11) is 0. The smallest absolute Gasteiger partial charge is 0.309 e. The van der Waals surface area contributed by atoms with Crippen molar-refractivity contribution in [1.82, 2.24) is 4.98 Å². The summed E-state index contributed by atoms with van der Waals surface area (Å²) < 4.78 is 11.1. The van der Waals surface area contributed by atoms with E-state index in [1.165, 1.54) is 11.3 Å². The molecule has 1 aliphatic carbocycles. The van der Waals surface area contributed by atoms with Gasteiger partial charge in [0.15, 0.2) is 12.2 Å². The molecule has 1 aromatic carbocycles. The molecule has 0 saturated carbocycles. The second-order valence-electron chi connectivity index (χ2n) is 8.66. The molecule has 5 rings (SSSR count). The number of nitrogens with two attached hydrogens (primary N) is 1. The van der Waals surface area contributed by atoms with Crippen molar-refractivity contribution in [3.8, 4) is 0 Å². The number of nitrogens with zero attached hydrogens (tertiary/aromatic N) is 2. The maximum atomic E-state index is 12.5. The number of para-hydroxylation sites is 2. The van der Waals surface area contributed by atoms with E-state index in [9.17, 15) is 14.4 Å². The minimum Gasteiger partial charge on any atom is -0.455 e. The number of carbonyl (C=O) groups excluding carboxylic acids is 3. The van der Waals surface area contributed by atoms with Gasteiger partial charge in [-0.15, -0.1) is 11.3 Å². The largest absolute Gasteiger partial charge is 0.455 e. The third-order valence-corrected chi connectivity index (χ3v) is 7.60. The zero-order chi connectivity index (χ0) is 23.7. The normalized spacial score (nSPS) is 16.3. The molecule has 3 aromatic rings. The van der Waals surface area contributed by atoms with E-state index >= 15 is 0 Å². The Morgan fingerprint density at radius 3 is 2.71 bits per heavy atom. The molecule has 0 unspecified atom stereocenters. The van der Waals surface area contributed by atoms with Gasteiger partial charge in [-0.3, -0.25) is 14.4 Å². The van der Waals surface area contributed by atoms with Crippen LogP contribution in [0.15, 0.2) is 28.7 Å². The van der Waals surface area contributed by atoms with Crippen molar-refractivity contribution in [2.24, 2.45) is 11.7 Å². The van der Waals surface area contributed by atoms with Crippen molar-refractivity contribution in [2.75, 3.05) is 29.9 Å². The third-order valence-electron chi connectivity index (χ3n) is 6.40. The van der Waals surface area contributed by atoms with Crippen LogP contribution in [0.25, 0.3) is 11.1 Å². The zero-order valence-electron chi connectivity index (χ0n) is 18.7. The van der Waals surface area contributed by atoms with Gasteiger partial charge in [-0.2, -0.15) is 4.98 Å². The lowest BCUT2D eigenvalue weighted by atomic mass is 9.95. The molecule has 3 heterocycles. The highest BCUT2D eigenvalue weighted by atomic mass is 32.1. The Morgan fingerprint density at radius 2 is 1.94 bits per heavy atom. The summed E-state index contributed by atoms with van der Waals surface area (Å²) in [4.78, 5) is 44.6. The fourth-order valence-corrected chi connectivity index (χ4v) is 5.94. The third kappa shape index (κ3) is 4.50. The number of esters is 1. The molecule has 10 heteroatoms. The molecule has 0 spiro atoms. The molecule has 1 saturated heterocycles. The number of hydrogen-bond acceptors (Lipinski definition) is 8. The fourth-order valence-electron chi connectivity index (χ4n) is 4.63. The van der Waals surface area contributed by atoms with Crippen LogP contribution in [0.4, 0.5) is 11.0 Å². The number of primary amides is 1. The topological polar surface area (TPSA) is 128 Å². The van der Waals surface area contributed by atoms with Crippen LogP contribution >= 0.6 is 11.3 Å². The average molecular weight is 483 g/mol. The van der Waals surface area contributed by atoms with E-state index in [1.54, 1.807) is 0 Å². The lowest BCUT2D eigenvalue weighted by molar-refractivity contribution is -0.152. The first-order valence-corrected chi connectivity index (χ1v) is 12.3. The summed E-state index contributed by atoms with van der Waals surface area (Å²) in [6, 6.07) is 8.14. The predicted molar refractivity (Wildman–Crippen MR) is 128 cm³/mol. The molecule has 0 bridgehead atoms. The van der Waals surface area contributed by atoms with Crippen LogP contribution in [-0.4, -0.2) is 42.5 Å². The minimum absolute atomic E-state index is 0.288. The monoisotopic (exact) mass is 482 g/mol. The summed E-state index contributed by atoms with van der Waals surface area (Å²) >= 11 is 1.39. The molecule has 34 heavy (non-hydrogen) atoms. The fraction of sp³-hybridized carbons (Fsp3) is 0.417. The van der Waals surface area contributed by atoms with Crippen LogP contribution in [-0.2, 0) is 27.2 Å². The molecule has 1 fully saturated rings. The van der Waals surface area contributed by atoms with Gasteiger partial charge in [0.25, 0.3) is 17.8 Å². The van der Waals surface area contributed by atoms with Crippen LogP contribution in [0.2, 0.25) is 0 Å². The van der Waals surface area contributed by atoms with E-state index in [2.05, 4.69) is 10.3 Å². The lowest BCUT2D eigenvalue weighted by Gasteiger charge is -2.29. The van der Waals surface area contributed by atoms with Crippen LogP contribution in [0.1, 0.15) is 46.5 Å². The lowest BCUT2D eigenvalue weighted by Crippen LogP contribution is -2.37. The van der Waals surface area contributed by atoms with Crippen molar-refractivity contribution >= 4 is 51.2 Å². The van der Waals surface area contributed by atoms with Crippen molar-refractivity contribution in [3.63, 3.8) is 0 Å². The molecule has 1 aliphatic heterocycles. The Bertz CT molecular complexity index is 1210. The van der Waals surface area contributed by atoms with E-state index in [-0.39, 0.29) is 5.92 Å². The highest BCUT2D eigenvalue weighted by molar-refractivity contribution is 7.17. The molecule has 3 N–H and O–H groups in total. The molecule has 9 nitrogen and oxygen atoms in total. The predicted octanol–water partition coefficient (Wildman–Crippen LogP) is 3.27. The number of piperidine rings is 1. The first-order valence-electron chi connectivity index (χ1n) is 11.5. The Morgan fingerprint density at radius 1 is 1.18 bits per heavy atom. The second kappa shape index (κ2) is 9.46. The van der Waals surface area contributed by atoms with Crippen molar-refractivity contribution in [2.45, 2.75) is 38.5 Å². The van der Waals surface area contributed by atoms with Gasteiger partial charge in [0, 0.05) is 18.0 Å². The Hall–Kier alpha value is -3.40.